The van der Waals surface area contributed by atoms with Crippen molar-refractivity contribution in [2.24, 2.45) is 0 Å². The average molecular weight is 343 g/mol. The zero-order valence-corrected chi connectivity index (χ0v) is 14.5. The molecule has 126 valence electrons. The van der Waals surface area contributed by atoms with Crippen LogP contribution in [0.5, 0.6) is 0 Å². The summed E-state index contributed by atoms with van der Waals surface area (Å²) < 4.78 is 11.4. The Morgan fingerprint density at radius 3 is 2.50 bits per heavy atom. The van der Waals surface area contributed by atoms with Crippen LogP contribution in [0, 0.1) is 0 Å². The monoisotopic (exact) mass is 343 g/mol. The highest BCUT2D eigenvalue weighted by Crippen LogP contribution is 2.23. The number of anilines is 2. The zero-order chi connectivity index (χ0) is 16.9. The van der Waals surface area contributed by atoms with Gasteiger partial charge in [-0.25, -0.2) is 4.98 Å². The lowest BCUT2D eigenvalue weighted by atomic mass is 10.1. The highest BCUT2D eigenvalue weighted by Gasteiger charge is 2.19. The summed E-state index contributed by atoms with van der Waals surface area (Å²) in [6, 6.07) is 10.7. The van der Waals surface area contributed by atoms with E-state index in [2.05, 4.69) is 15.2 Å². The van der Waals surface area contributed by atoms with E-state index in [1.165, 1.54) is 6.42 Å². The predicted molar refractivity (Wildman–Crippen MR) is 97.0 cm³/mol. The molecule has 0 spiro atoms. The van der Waals surface area contributed by atoms with Crippen LogP contribution < -0.4 is 10.2 Å². The fourth-order valence-corrected chi connectivity index (χ4v) is 3.38. The fourth-order valence-electron chi connectivity index (χ4n) is 2.86. The maximum atomic E-state index is 12.7. The second-order valence-corrected chi connectivity index (χ2v) is 7.23. The number of benzene rings is 1. The zero-order valence-electron chi connectivity index (χ0n) is 13.7. The van der Waals surface area contributed by atoms with Crippen LogP contribution in [0.1, 0.15) is 29.6 Å². The van der Waals surface area contributed by atoms with Crippen LogP contribution in [0.4, 0.5) is 11.5 Å². The number of piperidine rings is 1. The van der Waals surface area contributed by atoms with Crippen molar-refractivity contribution in [1.82, 2.24) is 4.98 Å². The van der Waals surface area contributed by atoms with Crippen molar-refractivity contribution in [1.29, 1.82) is 0 Å². The van der Waals surface area contributed by atoms with Gasteiger partial charge in [0.15, 0.2) is 0 Å². The van der Waals surface area contributed by atoms with Crippen LogP contribution in [-0.2, 0) is 10.8 Å². The molecule has 3 rings (SSSR count). The van der Waals surface area contributed by atoms with Crippen molar-refractivity contribution >= 4 is 28.2 Å². The summed E-state index contributed by atoms with van der Waals surface area (Å²) in [6.07, 6.45) is 6.86. The van der Waals surface area contributed by atoms with Gasteiger partial charge in [-0.2, -0.15) is 0 Å². The molecule has 1 aromatic carbocycles. The molecule has 5 nitrogen and oxygen atoms in total. The second kappa shape index (κ2) is 7.57. The van der Waals surface area contributed by atoms with E-state index in [-0.39, 0.29) is 5.91 Å². The highest BCUT2D eigenvalue weighted by atomic mass is 32.2. The number of rotatable bonds is 4. The summed E-state index contributed by atoms with van der Waals surface area (Å²) >= 11 is 0. The van der Waals surface area contributed by atoms with E-state index in [1.807, 2.05) is 6.07 Å². The summed E-state index contributed by atoms with van der Waals surface area (Å²) in [5.41, 5.74) is 1.27. The van der Waals surface area contributed by atoms with E-state index in [4.69, 9.17) is 0 Å². The standard InChI is InChI=1S/C18H21N3O2S/c1-24(23)15-9-7-14(8-10-15)20-18(22)16-6-5-11-19-17(16)21-12-3-2-4-13-21/h5-11H,2-4,12-13H2,1H3,(H,20,22). The van der Waals surface area contributed by atoms with E-state index < -0.39 is 10.8 Å². The topological polar surface area (TPSA) is 62.3 Å². The van der Waals surface area contributed by atoms with E-state index >= 15 is 0 Å². The van der Waals surface area contributed by atoms with E-state index in [9.17, 15) is 9.00 Å². The van der Waals surface area contributed by atoms with E-state index in [0.717, 1.165) is 36.6 Å². The fraction of sp³-hybridized carbons (Fsp3) is 0.333. The first-order chi connectivity index (χ1) is 11.6. The Hall–Kier alpha value is -2.21. The smallest absolute Gasteiger partial charge is 0.259 e. The van der Waals surface area contributed by atoms with Gasteiger partial charge in [0.1, 0.15) is 5.82 Å². The molecular weight excluding hydrogens is 322 g/mol. The number of pyridine rings is 1. The Labute approximate surface area is 144 Å². The van der Waals surface area contributed by atoms with Crippen molar-refractivity contribution in [3.63, 3.8) is 0 Å². The van der Waals surface area contributed by atoms with Crippen molar-refractivity contribution in [3.8, 4) is 0 Å². The molecule has 1 amide bonds. The van der Waals surface area contributed by atoms with E-state index in [1.54, 1.807) is 42.8 Å². The van der Waals surface area contributed by atoms with Crippen molar-refractivity contribution in [3.05, 3.63) is 48.2 Å². The van der Waals surface area contributed by atoms with Gasteiger partial charge in [0.05, 0.1) is 5.56 Å². The maximum Gasteiger partial charge on any atom is 0.259 e. The van der Waals surface area contributed by atoms with Crippen LogP contribution >= 0.6 is 0 Å². The Bertz CT molecular complexity index is 740. The summed E-state index contributed by atoms with van der Waals surface area (Å²) in [6.45, 7) is 1.88. The molecular formula is C18H21N3O2S. The van der Waals surface area contributed by atoms with Crippen molar-refractivity contribution < 1.29 is 9.00 Å². The molecule has 6 heteroatoms. The third kappa shape index (κ3) is 3.82. The number of nitrogens with one attached hydrogen (secondary N) is 1. The normalized spacial score (nSPS) is 15.8. The van der Waals surface area contributed by atoms with Crippen LogP contribution in [0.2, 0.25) is 0 Å². The highest BCUT2D eigenvalue weighted by molar-refractivity contribution is 7.84. The molecule has 2 heterocycles. The Balaban J connectivity index is 1.78. The van der Waals surface area contributed by atoms with Gasteiger partial charge < -0.3 is 10.2 Å². The van der Waals surface area contributed by atoms with Gasteiger partial charge in [-0.15, -0.1) is 0 Å². The molecule has 2 aromatic rings. The molecule has 0 bridgehead atoms. The minimum absolute atomic E-state index is 0.172. The van der Waals surface area contributed by atoms with Gasteiger partial charge in [-0.1, -0.05) is 0 Å². The lowest BCUT2D eigenvalue weighted by molar-refractivity contribution is 0.102. The largest absolute Gasteiger partial charge is 0.356 e. The van der Waals surface area contributed by atoms with Crippen LogP contribution in [-0.4, -0.2) is 34.4 Å². The lowest BCUT2D eigenvalue weighted by Gasteiger charge is -2.29. The molecule has 0 aliphatic carbocycles. The minimum Gasteiger partial charge on any atom is -0.356 e. The molecule has 24 heavy (non-hydrogen) atoms. The van der Waals surface area contributed by atoms with Gasteiger partial charge in [0, 0.05) is 46.9 Å². The van der Waals surface area contributed by atoms with Gasteiger partial charge in [0.2, 0.25) is 0 Å². The molecule has 1 unspecified atom stereocenters. The predicted octanol–water partition coefficient (Wildman–Crippen LogP) is 3.06. The number of carbonyl (C=O) groups is 1. The quantitative estimate of drug-likeness (QED) is 0.927. The maximum absolute atomic E-state index is 12.7. The van der Waals surface area contributed by atoms with Gasteiger partial charge in [-0.05, 0) is 55.7 Å². The first-order valence-corrected chi connectivity index (χ1v) is 9.66. The second-order valence-electron chi connectivity index (χ2n) is 5.85. The van der Waals surface area contributed by atoms with Crippen LogP contribution in [0.15, 0.2) is 47.5 Å². The SMILES string of the molecule is CS(=O)c1ccc(NC(=O)c2cccnc2N2CCCCC2)cc1. The molecule has 1 aliphatic heterocycles. The van der Waals surface area contributed by atoms with Crippen LogP contribution in [0.3, 0.4) is 0 Å². The Kier molecular flexibility index (Phi) is 5.25. The van der Waals surface area contributed by atoms with Crippen LogP contribution in [0.25, 0.3) is 0 Å². The minimum atomic E-state index is -1.02. The molecule has 1 aromatic heterocycles. The van der Waals surface area contributed by atoms with E-state index in [0.29, 0.717) is 11.3 Å². The third-order valence-corrected chi connectivity index (χ3v) is 5.07. The molecule has 1 fully saturated rings. The number of hydrogen-bond donors (Lipinski definition) is 1. The molecule has 1 saturated heterocycles. The van der Waals surface area contributed by atoms with Crippen molar-refractivity contribution in [2.45, 2.75) is 24.2 Å². The molecule has 1 aliphatic rings. The lowest BCUT2D eigenvalue weighted by Crippen LogP contribution is -2.32. The van der Waals surface area contributed by atoms with Crippen molar-refractivity contribution in [2.75, 3.05) is 29.6 Å². The first kappa shape index (κ1) is 16.6. The third-order valence-electron chi connectivity index (χ3n) is 4.13. The molecule has 0 saturated carbocycles. The summed E-state index contributed by atoms with van der Waals surface area (Å²) in [7, 11) is -1.02. The molecule has 0 radical (unpaired) electrons. The Morgan fingerprint density at radius 1 is 1.12 bits per heavy atom. The first-order valence-electron chi connectivity index (χ1n) is 8.10. The van der Waals surface area contributed by atoms with Gasteiger partial charge in [0.25, 0.3) is 5.91 Å². The summed E-state index contributed by atoms with van der Waals surface area (Å²) in [4.78, 5) is 20.0. The summed E-state index contributed by atoms with van der Waals surface area (Å²) in [5.74, 6) is 0.579. The summed E-state index contributed by atoms with van der Waals surface area (Å²) in [5, 5.41) is 2.90. The molecule has 1 atom stereocenters. The van der Waals surface area contributed by atoms with Gasteiger partial charge >= 0.3 is 0 Å². The van der Waals surface area contributed by atoms with Gasteiger partial charge in [-0.3, -0.25) is 9.00 Å². The molecule has 1 N–H and O–H groups in total. The number of aromatic nitrogens is 1. The number of amides is 1. The number of carbonyl (C=O) groups excluding carboxylic acids is 1. The number of nitrogens with zero attached hydrogens (tertiary/aromatic N) is 2. The Morgan fingerprint density at radius 2 is 1.83 bits per heavy atom. The number of hydrogen-bond acceptors (Lipinski definition) is 4. The average Bonchev–Trinajstić information content (AvgIpc) is 2.63.